The maximum atomic E-state index is 12.4. The molecule has 1 amide bonds. The third-order valence-electron chi connectivity index (χ3n) is 3.97. The Balaban J connectivity index is 1.60. The van der Waals surface area contributed by atoms with E-state index in [2.05, 4.69) is 22.3 Å². The van der Waals surface area contributed by atoms with Crippen LogP contribution in [0.2, 0.25) is 0 Å². The zero-order valence-corrected chi connectivity index (χ0v) is 14.3. The topological polar surface area (TPSA) is 81.3 Å². The van der Waals surface area contributed by atoms with Crippen molar-refractivity contribution in [2.45, 2.75) is 19.9 Å². The Bertz CT molecular complexity index is 1120. The molecule has 0 atom stereocenters. The summed E-state index contributed by atoms with van der Waals surface area (Å²) in [6.07, 6.45) is 2.38. The van der Waals surface area contributed by atoms with Gasteiger partial charge in [-0.05, 0) is 35.6 Å². The normalized spacial score (nSPS) is 11.2. The first-order valence-corrected chi connectivity index (χ1v) is 8.74. The molecule has 0 aliphatic rings. The Morgan fingerprint density at radius 3 is 2.80 bits per heavy atom. The van der Waals surface area contributed by atoms with Gasteiger partial charge in [0.2, 0.25) is 5.91 Å². The fraction of sp³-hybridized carbons (Fsp3) is 0.176. The van der Waals surface area contributed by atoms with Gasteiger partial charge in [-0.15, -0.1) is 16.4 Å². The lowest BCUT2D eigenvalue weighted by Gasteiger charge is -2.05. The molecule has 0 bridgehead atoms. The Hall–Kier alpha value is -3.00. The third kappa shape index (κ3) is 2.80. The van der Waals surface area contributed by atoms with Crippen LogP contribution >= 0.6 is 11.3 Å². The molecule has 0 saturated heterocycles. The van der Waals surface area contributed by atoms with Crippen molar-refractivity contribution < 1.29 is 4.79 Å². The Kier molecular flexibility index (Phi) is 3.81. The highest BCUT2D eigenvalue weighted by Crippen LogP contribution is 2.21. The number of carbonyl (C=O) groups excluding carboxylic acids is 1. The second-order valence-corrected chi connectivity index (χ2v) is 6.53. The lowest BCUT2D eigenvalue weighted by atomic mass is 10.1. The van der Waals surface area contributed by atoms with Gasteiger partial charge in [0.1, 0.15) is 12.9 Å². The first-order valence-electron chi connectivity index (χ1n) is 7.86. The number of carbonyl (C=O) groups is 1. The van der Waals surface area contributed by atoms with E-state index in [0.29, 0.717) is 11.3 Å². The minimum atomic E-state index is -0.380. The van der Waals surface area contributed by atoms with E-state index in [9.17, 15) is 9.59 Å². The van der Waals surface area contributed by atoms with Crippen molar-refractivity contribution in [1.82, 2.24) is 19.2 Å². The minimum absolute atomic E-state index is 0.150. The number of hydrogen-bond donors (Lipinski definition) is 1. The molecule has 0 spiro atoms. The van der Waals surface area contributed by atoms with E-state index in [1.165, 1.54) is 27.6 Å². The molecule has 3 aromatic heterocycles. The van der Waals surface area contributed by atoms with Gasteiger partial charge < -0.3 is 5.32 Å². The van der Waals surface area contributed by atoms with Crippen molar-refractivity contribution in [3.05, 3.63) is 58.1 Å². The highest BCUT2D eigenvalue weighted by molar-refractivity contribution is 7.17. The molecule has 0 fully saturated rings. The number of nitrogens with one attached hydrogen (secondary N) is 1. The Morgan fingerprint density at radius 1 is 1.24 bits per heavy atom. The standard InChI is InChI=1S/C17H15N5O2S/c1-2-11-3-5-12(6-4-11)19-14(23)9-22-17(24)21-10-18-13-7-8-25-15(13)16(21)20-22/h3-8,10H,2,9H2,1H3,(H,19,23). The van der Waals surface area contributed by atoms with E-state index in [1.807, 2.05) is 35.7 Å². The van der Waals surface area contributed by atoms with Gasteiger partial charge in [-0.25, -0.2) is 18.9 Å². The fourth-order valence-corrected chi connectivity index (χ4v) is 3.45. The molecule has 126 valence electrons. The average Bonchev–Trinajstić information content (AvgIpc) is 3.21. The van der Waals surface area contributed by atoms with E-state index >= 15 is 0 Å². The highest BCUT2D eigenvalue weighted by Gasteiger charge is 2.14. The lowest BCUT2D eigenvalue weighted by Crippen LogP contribution is -2.28. The van der Waals surface area contributed by atoms with Crippen molar-refractivity contribution in [3.63, 3.8) is 0 Å². The summed E-state index contributed by atoms with van der Waals surface area (Å²) in [7, 11) is 0. The van der Waals surface area contributed by atoms with Crippen LogP contribution in [-0.2, 0) is 17.8 Å². The van der Waals surface area contributed by atoms with Crippen LogP contribution in [0.4, 0.5) is 5.69 Å². The molecule has 0 unspecified atom stereocenters. The first kappa shape index (κ1) is 15.5. The average molecular weight is 353 g/mol. The summed E-state index contributed by atoms with van der Waals surface area (Å²) in [6, 6.07) is 9.50. The monoisotopic (exact) mass is 353 g/mol. The molecule has 4 aromatic rings. The first-order chi connectivity index (χ1) is 12.2. The molecular weight excluding hydrogens is 338 g/mol. The summed E-state index contributed by atoms with van der Waals surface area (Å²) in [5, 5.41) is 8.98. The number of nitrogens with zero attached hydrogens (tertiary/aromatic N) is 4. The van der Waals surface area contributed by atoms with E-state index in [4.69, 9.17) is 0 Å². The molecule has 1 N–H and O–H groups in total. The van der Waals surface area contributed by atoms with Crippen LogP contribution < -0.4 is 11.0 Å². The maximum absolute atomic E-state index is 12.4. The van der Waals surface area contributed by atoms with E-state index < -0.39 is 0 Å². The SMILES string of the molecule is CCc1ccc(NC(=O)Cn2nc3c4sccc4ncn3c2=O)cc1. The van der Waals surface area contributed by atoms with Crippen LogP contribution in [0.25, 0.3) is 15.9 Å². The predicted octanol–water partition coefficient (Wildman–Crippen LogP) is 2.31. The summed E-state index contributed by atoms with van der Waals surface area (Å²) in [5.74, 6) is -0.301. The molecule has 25 heavy (non-hydrogen) atoms. The molecule has 0 aliphatic heterocycles. The summed E-state index contributed by atoms with van der Waals surface area (Å²) in [4.78, 5) is 28.9. The van der Waals surface area contributed by atoms with Gasteiger partial charge >= 0.3 is 5.69 Å². The largest absolute Gasteiger partial charge is 0.352 e. The molecule has 3 heterocycles. The van der Waals surface area contributed by atoms with Crippen molar-refractivity contribution in [2.75, 3.05) is 5.32 Å². The Labute approximate surface area is 146 Å². The van der Waals surface area contributed by atoms with Gasteiger partial charge in [-0.3, -0.25) is 4.79 Å². The number of benzene rings is 1. The number of thiophene rings is 1. The van der Waals surface area contributed by atoms with Gasteiger partial charge in [0.15, 0.2) is 5.65 Å². The highest BCUT2D eigenvalue weighted by atomic mass is 32.1. The molecule has 8 heteroatoms. The number of amides is 1. The molecule has 0 aliphatic carbocycles. The zero-order valence-electron chi connectivity index (χ0n) is 13.5. The Morgan fingerprint density at radius 2 is 2.04 bits per heavy atom. The lowest BCUT2D eigenvalue weighted by molar-refractivity contribution is -0.117. The quantitative estimate of drug-likeness (QED) is 0.610. The van der Waals surface area contributed by atoms with Crippen molar-refractivity contribution in [2.24, 2.45) is 0 Å². The summed E-state index contributed by atoms with van der Waals surface area (Å²) in [6.45, 7) is 1.92. The second-order valence-electron chi connectivity index (χ2n) is 5.61. The number of aromatic nitrogens is 4. The van der Waals surface area contributed by atoms with Crippen molar-refractivity contribution in [3.8, 4) is 0 Å². The molecule has 4 rings (SSSR count). The number of hydrogen-bond acceptors (Lipinski definition) is 5. The van der Waals surface area contributed by atoms with Crippen molar-refractivity contribution >= 4 is 38.8 Å². The van der Waals surface area contributed by atoms with Crippen LogP contribution in [0.5, 0.6) is 0 Å². The maximum Gasteiger partial charge on any atom is 0.352 e. The van der Waals surface area contributed by atoms with Gasteiger partial charge in [0.05, 0.1) is 10.2 Å². The summed E-state index contributed by atoms with van der Waals surface area (Å²) >= 11 is 1.47. The number of aryl methyl sites for hydroxylation is 1. The van der Waals surface area contributed by atoms with Gasteiger partial charge in [0, 0.05) is 5.69 Å². The predicted molar refractivity (Wildman–Crippen MR) is 97.1 cm³/mol. The van der Waals surface area contributed by atoms with Crippen LogP contribution in [0.3, 0.4) is 0 Å². The van der Waals surface area contributed by atoms with Gasteiger partial charge in [-0.2, -0.15) is 0 Å². The molecule has 0 radical (unpaired) electrons. The molecule has 1 aromatic carbocycles. The molecule has 0 saturated carbocycles. The number of fused-ring (bicyclic) bond motifs is 3. The van der Waals surface area contributed by atoms with Crippen LogP contribution in [-0.4, -0.2) is 25.1 Å². The van der Waals surface area contributed by atoms with Crippen molar-refractivity contribution in [1.29, 1.82) is 0 Å². The molecular formula is C17H15N5O2S. The molecule has 7 nitrogen and oxygen atoms in total. The zero-order chi connectivity index (χ0) is 17.4. The van der Waals surface area contributed by atoms with E-state index in [-0.39, 0.29) is 18.1 Å². The third-order valence-corrected chi connectivity index (χ3v) is 4.87. The van der Waals surface area contributed by atoms with Crippen LogP contribution in [0, 0.1) is 0 Å². The number of anilines is 1. The second kappa shape index (κ2) is 6.14. The van der Waals surface area contributed by atoms with Crippen LogP contribution in [0.1, 0.15) is 12.5 Å². The fourth-order valence-electron chi connectivity index (χ4n) is 2.63. The van der Waals surface area contributed by atoms with Gasteiger partial charge in [0.25, 0.3) is 0 Å². The number of rotatable bonds is 4. The van der Waals surface area contributed by atoms with E-state index in [1.54, 1.807) is 0 Å². The summed E-state index contributed by atoms with van der Waals surface area (Å²) < 4.78 is 3.35. The van der Waals surface area contributed by atoms with Crippen LogP contribution in [0.15, 0.2) is 46.8 Å². The minimum Gasteiger partial charge on any atom is -0.324 e. The van der Waals surface area contributed by atoms with Gasteiger partial charge in [-0.1, -0.05) is 19.1 Å². The smallest absolute Gasteiger partial charge is 0.324 e. The summed E-state index contributed by atoms with van der Waals surface area (Å²) in [5.41, 5.74) is 2.82. The van der Waals surface area contributed by atoms with E-state index in [0.717, 1.165) is 21.3 Å².